The van der Waals surface area contributed by atoms with Gasteiger partial charge in [-0.15, -0.1) is 0 Å². The largest absolute Gasteiger partial charge is 0.481 e. The van der Waals surface area contributed by atoms with E-state index in [1.807, 2.05) is 0 Å². The van der Waals surface area contributed by atoms with E-state index in [0.29, 0.717) is 19.5 Å². The van der Waals surface area contributed by atoms with Crippen molar-refractivity contribution < 1.29 is 19.8 Å². The summed E-state index contributed by atoms with van der Waals surface area (Å²) in [7, 11) is 0. The molecule has 0 saturated heterocycles. The van der Waals surface area contributed by atoms with Crippen molar-refractivity contribution in [2.24, 2.45) is 5.73 Å². The van der Waals surface area contributed by atoms with Crippen molar-refractivity contribution in [1.82, 2.24) is 4.90 Å². The molecule has 0 heterocycles. The Morgan fingerprint density at radius 3 is 2.17 bits per heavy atom. The van der Waals surface area contributed by atoms with Crippen LogP contribution in [0.2, 0.25) is 0 Å². The molecular formula is C17H32N2O4. The molecule has 23 heavy (non-hydrogen) atoms. The predicted octanol–water partition coefficient (Wildman–Crippen LogP) is 2.88. The molecule has 1 saturated carbocycles. The van der Waals surface area contributed by atoms with E-state index in [9.17, 15) is 14.7 Å². The fraction of sp³-hybridized carbons (Fsp3) is 0.882. The average Bonchev–Trinajstić information content (AvgIpc) is 2.49. The van der Waals surface area contributed by atoms with Gasteiger partial charge in [-0.1, -0.05) is 32.1 Å². The number of carboxylic acids is 1. The van der Waals surface area contributed by atoms with Gasteiger partial charge in [0.25, 0.3) is 0 Å². The first kappa shape index (κ1) is 19.7. The van der Waals surface area contributed by atoms with Crippen LogP contribution in [0, 0.1) is 0 Å². The molecule has 6 nitrogen and oxygen atoms in total. The summed E-state index contributed by atoms with van der Waals surface area (Å²) in [5.41, 5.74) is 4.87. The van der Waals surface area contributed by atoms with Crippen molar-refractivity contribution in [2.75, 3.05) is 13.1 Å². The third kappa shape index (κ3) is 8.79. The maximum atomic E-state index is 11.5. The fourth-order valence-electron chi connectivity index (χ4n) is 3.32. The van der Waals surface area contributed by atoms with Crippen LogP contribution in [0.3, 0.4) is 0 Å². The highest BCUT2D eigenvalue weighted by Gasteiger charge is 2.28. The van der Waals surface area contributed by atoms with Gasteiger partial charge in [-0.25, -0.2) is 4.79 Å². The lowest BCUT2D eigenvalue weighted by molar-refractivity contribution is -0.137. The lowest BCUT2D eigenvalue weighted by atomic mass is 9.82. The Bertz CT molecular complexity index is 368. The van der Waals surface area contributed by atoms with E-state index in [1.54, 1.807) is 4.90 Å². The number of primary amides is 1. The Morgan fingerprint density at radius 2 is 1.57 bits per heavy atom. The summed E-state index contributed by atoms with van der Waals surface area (Å²) >= 11 is 0. The fourth-order valence-corrected chi connectivity index (χ4v) is 3.32. The topological polar surface area (TPSA) is 104 Å². The van der Waals surface area contributed by atoms with E-state index in [-0.39, 0.29) is 6.42 Å². The number of carboxylic acid groups (broad SMARTS) is 1. The second kappa shape index (κ2) is 10.5. The summed E-state index contributed by atoms with van der Waals surface area (Å²) in [6.45, 7) is 1.20. The van der Waals surface area contributed by atoms with Crippen LogP contribution in [0.4, 0.5) is 4.79 Å². The van der Waals surface area contributed by atoms with Crippen molar-refractivity contribution in [3.8, 4) is 0 Å². The predicted molar refractivity (Wildman–Crippen MR) is 89.1 cm³/mol. The van der Waals surface area contributed by atoms with Crippen molar-refractivity contribution in [2.45, 2.75) is 82.7 Å². The van der Waals surface area contributed by atoms with Gasteiger partial charge in [-0.05, 0) is 38.5 Å². The summed E-state index contributed by atoms with van der Waals surface area (Å²) in [6, 6.07) is -0.411. The molecule has 0 radical (unpaired) electrons. The number of hydrogen-bond acceptors (Lipinski definition) is 3. The molecule has 1 fully saturated rings. The van der Waals surface area contributed by atoms with E-state index in [0.717, 1.165) is 57.8 Å². The van der Waals surface area contributed by atoms with Gasteiger partial charge < -0.3 is 20.8 Å². The van der Waals surface area contributed by atoms with Crippen LogP contribution in [-0.4, -0.2) is 45.8 Å². The molecule has 0 bridgehead atoms. The zero-order valence-corrected chi connectivity index (χ0v) is 14.1. The average molecular weight is 328 g/mol. The number of carbonyl (C=O) groups excluding carboxylic acids is 1. The Kier molecular flexibility index (Phi) is 8.99. The zero-order valence-electron chi connectivity index (χ0n) is 14.1. The minimum absolute atomic E-state index is 0.206. The van der Waals surface area contributed by atoms with Crippen molar-refractivity contribution in [1.29, 1.82) is 0 Å². The Balaban J connectivity index is 2.16. The number of aliphatic hydroxyl groups is 1. The van der Waals surface area contributed by atoms with Crippen LogP contribution in [-0.2, 0) is 4.79 Å². The number of hydrogen-bond donors (Lipinski definition) is 3. The van der Waals surface area contributed by atoms with E-state index in [1.165, 1.54) is 6.42 Å². The quantitative estimate of drug-likeness (QED) is 0.507. The zero-order chi connectivity index (χ0) is 17.1. The highest BCUT2D eigenvalue weighted by Crippen LogP contribution is 2.31. The molecule has 0 spiro atoms. The number of aliphatic carboxylic acids is 1. The second-order valence-electron chi connectivity index (χ2n) is 6.77. The molecule has 1 rings (SSSR count). The molecule has 1 aliphatic carbocycles. The van der Waals surface area contributed by atoms with Gasteiger partial charge in [0.2, 0.25) is 0 Å². The summed E-state index contributed by atoms with van der Waals surface area (Å²) in [5.74, 6) is -0.760. The van der Waals surface area contributed by atoms with Gasteiger partial charge in [0.05, 0.1) is 5.60 Å². The van der Waals surface area contributed by atoms with Gasteiger partial charge in [-0.2, -0.15) is 0 Å². The molecule has 134 valence electrons. The van der Waals surface area contributed by atoms with Gasteiger partial charge in [0.1, 0.15) is 0 Å². The maximum Gasteiger partial charge on any atom is 0.314 e. The Labute approximate surface area is 139 Å². The minimum Gasteiger partial charge on any atom is -0.481 e. The number of rotatable bonds is 11. The van der Waals surface area contributed by atoms with E-state index < -0.39 is 17.6 Å². The van der Waals surface area contributed by atoms with Gasteiger partial charge >= 0.3 is 12.0 Å². The summed E-state index contributed by atoms with van der Waals surface area (Å²) in [5, 5.41) is 19.0. The van der Waals surface area contributed by atoms with Crippen LogP contribution >= 0.6 is 0 Å². The molecule has 0 atom stereocenters. The molecule has 1 aliphatic rings. The molecule has 2 amide bonds. The SMILES string of the molecule is NC(=O)N(CCCCCCC(=O)O)CCCC1(O)CCCCC1. The smallest absolute Gasteiger partial charge is 0.314 e. The molecule has 6 heteroatoms. The van der Waals surface area contributed by atoms with E-state index in [4.69, 9.17) is 10.8 Å². The number of nitrogens with zero attached hydrogens (tertiary/aromatic N) is 1. The number of carbonyl (C=O) groups is 2. The van der Waals surface area contributed by atoms with Crippen LogP contribution in [0.25, 0.3) is 0 Å². The highest BCUT2D eigenvalue weighted by atomic mass is 16.4. The first-order chi connectivity index (χ1) is 10.9. The Hall–Kier alpha value is -1.30. The van der Waals surface area contributed by atoms with Crippen molar-refractivity contribution >= 4 is 12.0 Å². The lowest BCUT2D eigenvalue weighted by Crippen LogP contribution is -2.38. The molecule has 0 unspecified atom stereocenters. The number of nitrogens with two attached hydrogens (primary N) is 1. The van der Waals surface area contributed by atoms with Gasteiger partial charge in [0.15, 0.2) is 0 Å². The van der Waals surface area contributed by atoms with E-state index in [2.05, 4.69) is 0 Å². The second-order valence-corrected chi connectivity index (χ2v) is 6.77. The number of unbranched alkanes of at least 4 members (excludes halogenated alkanes) is 3. The Morgan fingerprint density at radius 1 is 0.957 bits per heavy atom. The van der Waals surface area contributed by atoms with E-state index >= 15 is 0 Å². The normalized spacial score (nSPS) is 16.9. The molecule has 4 N–H and O–H groups in total. The summed E-state index contributed by atoms with van der Waals surface area (Å²) in [4.78, 5) is 23.5. The third-order valence-electron chi connectivity index (χ3n) is 4.73. The van der Waals surface area contributed by atoms with Gasteiger partial charge in [0, 0.05) is 19.5 Å². The van der Waals surface area contributed by atoms with Crippen LogP contribution < -0.4 is 5.73 Å². The molecule has 0 aromatic rings. The molecule has 0 aromatic heterocycles. The van der Waals surface area contributed by atoms with Gasteiger partial charge in [-0.3, -0.25) is 4.79 Å². The summed E-state index contributed by atoms with van der Waals surface area (Å²) in [6.07, 6.45) is 10.1. The lowest BCUT2D eigenvalue weighted by Gasteiger charge is -2.32. The highest BCUT2D eigenvalue weighted by molar-refractivity contribution is 5.71. The molecule has 0 aromatic carbocycles. The summed E-state index contributed by atoms with van der Waals surface area (Å²) < 4.78 is 0. The van der Waals surface area contributed by atoms with Crippen LogP contribution in [0.1, 0.15) is 77.0 Å². The third-order valence-corrected chi connectivity index (χ3v) is 4.73. The first-order valence-corrected chi connectivity index (χ1v) is 8.91. The number of urea groups is 1. The standard InChI is InChI=1S/C17H32N2O4/c18-16(22)19(13-7-2-1-4-9-15(20)21)14-8-12-17(23)10-5-3-6-11-17/h23H,1-14H2,(H2,18,22)(H,20,21). The molecule has 0 aliphatic heterocycles. The van der Waals surface area contributed by atoms with Crippen molar-refractivity contribution in [3.05, 3.63) is 0 Å². The van der Waals surface area contributed by atoms with Crippen molar-refractivity contribution in [3.63, 3.8) is 0 Å². The number of amides is 2. The van der Waals surface area contributed by atoms with Crippen LogP contribution in [0.5, 0.6) is 0 Å². The molecular weight excluding hydrogens is 296 g/mol. The minimum atomic E-state index is -0.760. The monoisotopic (exact) mass is 328 g/mol. The van der Waals surface area contributed by atoms with Crippen LogP contribution in [0.15, 0.2) is 0 Å². The first-order valence-electron chi connectivity index (χ1n) is 8.91. The maximum absolute atomic E-state index is 11.5.